The third-order valence-corrected chi connectivity index (χ3v) is 5.98. The van der Waals surface area contributed by atoms with Crippen molar-refractivity contribution in [2.24, 2.45) is 5.41 Å². The maximum Gasteiger partial charge on any atom is 0.224 e. The van der Waals surface area contributed by atoms with Crippen LogP contribution in [0.3, 0.4) is 0 Å². The molecule has 1 aromatic carbocycles. The van der Waals surface area contributed by atoms with Crippen molar-refractivity contribution >= 4 is 11.7 Å². The Bertz CT molecular complexity index is 894. The van der Waals surface area contributed by atoms with Crippen molar-refractivity contribution in [1.29, 1.82) is 5.26 Å². The highest BCUT2D eigenvalue weighted by Crippen LogP contribution is 2.53. The molecule has 1 aromatic heterocycles. The molecule has 144 valence electrons. The minimum absolute atomic E-state index is 0.0707. The number of anilines is 1. The lowest BCUT2D eigenvalue weighted by molar-refractivity contribution is -0.121. The third kappa shape index (κ3) is 3.70. The number of nitriles is 1. The van der Waals surface area contributed by atoms with Crippen molar-refractivity contribution in [1.82, 2.24) is 15.5 Å². The van der Waals surface area contributed by atoms with Gasteiger partial charge in [0.05, 0.1) is 12.5 Å². The number of nitrogens with one attached hydrogen (secondary N) is 1. The van der Waals surface area contributed by atoms with Crippen molar-refractivity contribution in [3.8, 4) is 6.07 Å². The summed E-state index contributed by atoms with van der Waals surface area (Å²) in [5.74, 6) is 1.33. The quantitative estimate of drug-likeness (QED) is 0.869. The van der Waals surface area contributed by atoms with Crippen LogP contribution in [0, 0.1) is 16.7 Å². The van der Waals surface area contributed by atoms with Gasteiger partial charge in [0.25, 0.3) is 0 Å². The lowest BCUT2D eigenvalue weighted by Crippen LogP contribution is -2.42. The molecule has 6 nitrogen and oxygen atoms in total. The molecule has 2 aliphatic rings. The summed E-state index contributed by atoms with van der Waals surface area (Å²) >= 11 is 0. The molecular formula is C22H25N5O. The first-order chi connectivity index (χ1) is 13.5. The second kappa shape index (κ2) is 7.23. The molecule has 4 rings (SSSR count). The largest absolute Gasteiger partial charge is 0.352 e. The van der Waals surface area contributed by atoms with Gasteiger partial charge in [0, 0.05) is 18.5 Å². The lowest BCUT2D eigenvalue weighted by Gasteiger charge is -2.18. The van der Waals surface area contributed by atoms with Crippen molar-refractivity contribution in [3.05, 3.63) is 53.2 Å². The summed E-state index contributed by atoms with van der Waals surface area (Å²) in [7, 11) is 0. The highest BCUT2D eigenvalue weighted by Gasteiger charge is 2.55. The molecule has 0 unspecified atom stereocenters. The van der Waals surface area contributed by atoms with E-state index in [-0.39, 0.29) is 17.4 Å². The van der Waals surface area contributed by atoms with Gasteiger partial charge in [-0.1, -0.05) is 38.1 Å². The van der Waals surface area contributed by atoms with Gasteiger partial charge in [-0.15, -0.1) is 10.2 Å². The van der Waals surface area contributed by atoms with Gasteiger partial charge >= 0.3 is 0 Å². The van der Waals surface area contributed by atoms with Crippen LogP contribution in [0.25, 0.3) is 0 Å². The Balaban J connectivity index is 1.38. The fourth-order valence-electron chi connectivity index (χ4n) is 4.01. The third-order valence-electron chi connectivity index (χ3n) is 5.98. The van der Waals surface area contributed by atoms with E-state index in [1.54, 1.807) is 6.07 Å². The second-order valence-corrected chi connectivity index (χ2v) is 8.32. The molecule has 0 bridgehead atoms. The van der Waals surface area contributed by atoms with Gasteiger partial charge in [-0.05, 0) is 42.0 Å². The summed E-state index contributed by atoms with van der Waals surface area (Å²) in [6.07, 6.45) is 2.66. The van der Waals surface area contributed by atoms with E-state index in [1.165, 1.54) is 5.56 Å². The molecule has 1 atom stereocenters. The van der Waals surface area contributed by atoms with E-state index < -0.39 is 0 Å². The smallest absolute Gasteiger partial charge is 0.224 e. The number of benzene rings is 1. The number of hydrogen-bond acceptors (Lipinski definition) is 5. The summed E-state index contributed by atoms with van der Waals surface area (Å²) in [5.41, 5.74) is 2.81. The maximum atomic E-state index is 12.6. The van der Waals surface area contributed by atoms with Gasteiger partial charge in [0.2, 0.25) is 5.91 Å². The molecular weight excluding hydrogens is 350 g/mol. The minimum atomic E-state index is 0.0707. The Morgan fingerprint density at radius 1 is 1.25 bits per heavy atom. The van der Waals surface area contributed by atoms with Crippen LogP contribution in [0.2, 0.25) is 0 Å². The molecule has 0 radical (unpaired) electrons. The number of amides is 1. The first kappa shape index (κ1) is 18.4. The van der Waals surface area contributed by atoms with Crippen molar-refractivity contribution < 1.29 is 4.79 Å². The fraction of sp³-hybridized carbons (Fsp3) is 0.455. The Hall–Kier alpha value is -2.94. The Kier molecular flexibility index (Phi) is 4.76. The minimum Gasteiger partial charge on any atom is -0.352 e. The van der Waals surface area contributed by atoms with Crippen LogP contribution in [0.1, 0.15) is 49.4 Å². The Morgan fingerprint density at radius 2 is 2.00 bits per heavy atom. The topological polar surface area (TPSA) is 81.9 Å². The van der Waals surface area contributed by atoms with Crippen LogP contribution >= 0.6 is 0 Å². The SMILES string of the molecule is CC(C)c1ccc(CC(=O)N[C@H]2CN(c3ccc(C#N)nn3)CC23CC3)cc1. The van der Waals surface area contributed by atoms with Crippen molar-refractivity contribution in [3.63, 3.8) is 0 Å². The molecule has 1 N–H and O–H groups in total. The maximum absolute atomic E-state index is 12.6. The number of carbonyl (C=O) groups is 1. The number of carbonyl (C=O) groups excluding carboxylic acids is 1. The highest BCUT2D eigenvalue weighted by atomic mass is 16.1. The van der Waals surface area contributed by atoms with E-state index in [0.29, 0.717) is 18.0 Å². The Labute approximate surface area is 165 Å². The van der Waals surface area contributed by atoms with E-state index in [4.69, 9.17) is 5.26 Å². The van der Waals surface area contributed by atoms with E-state index in [2.05, 4.69) is 58.5 Å². The molecule has 1 amide bonds. The van der Waals surface area contributed by atoms with Crippen LogP contribution < -0.4 is 10.2 Å². The summed E-state index contributed by atoms with van der Waals surface area (Å²) in [6, 6.07) is 14.0. The normalized spacial score (nSPS) is 19.6. The Morgan fingerprint density at radius 3 is 2.57 bits per heavy atom. The van der Waals surface area contributed by atoms with E-state index >= 15 is 0 Å². The standard InChI is InChI=1S/C22H25N5O/c1-15(2)17-5-3-16(4-6-17)11-21(28)24-19-13-27(14-22(19)9-10-22)20-8-7-18(12-23)25-26-20/h3-8,15,19H,9-11,13-14H2,1-2H3,(H,24,28)/t19-/m0/s1. The monoisotopic (exact) mass is 375 g/mol. The molecule has 1 saturated heterocycles. The van der Waals surface area contributed by atoms with Crippen LogP contribution in [0.4, 0.5) is 5.82 Å². The van der Waals surface area contributed by atoms with Crippen LogP contribution in [-0.4, -0.2) is 35.2 Å². The van der Waals surface area contributed by atoms with Gasteiger partial charge in [-0.25, -0.2) is 0 Å². The van der Waals surface area contributed by atoms with Crippen LogP contribution in [0.15, 0.2) is 36.4 Å². The zero-order chi connectivity index (χ0) is 19.7. The first-order valence-corrected chi connectivity index (χ1v) is 9.86. The molecule has 2 fully saturated rings. The molecule has 1 aliphatic heterocycles. The average Bonchev–Trinajstić information content (AvgIpc) is 3.39. The molecule has 1 aliphatic carbocycles. The zero-order valence-corrected chi connectivity index (χ0v) is 16.4. The predicted molar refractivity (Wildman–Crippen MR) is 107 cm³/mol. The predicted octanol–water partition coefficient (Wildman–Crippen LogP) is 2.80. The second-order valence-electron chi connectivity index (χ2n) is 8.32. The molecule has 6 heteroatoms. The van der Waals surface area contributed by atoms with Gasteiger partial charge in [0.1, 0.15) is 6.07 Å². The number of nitrogens with zero attached hydrogens (tertiary/aromatic N) is 4. The summed E-state index contributed by atoms with van der Waals surface area (Å²) < 4.78 is 0. The molecule has 1 saturated carbocycles. The van der Waals surface area contributed by atoms with E-state index in [9.17, 15) is 4.79 Å². The first-order valence-electron chi connectivity index (χ1n) is 9.86. The molecule has 2 heterocycles. The van der Waals surface area contributed by atoms with Crippen molar-refractivity contribution in [2.75, 3.05) is 18.0 Å². The van der Waals surface area contributed by atoms with Gasteiger partial charge in [0.15, 0.2) is 11.5 Å². The number of aromatic nitrogens is 2. The molecule has 1 spiro atoms. The van der Waals surface area contributed by atoms with Gasteiger partial charge in [-0.3, -0.25) is 4.79 Å². The number of hydrogen-bond donors (Lipinski definition) is 1. The van der Waals surface area contributed by atoms with Crippen LogP contribution in [0.5, 0.6) is 0 Å². The van der Waals surface area contributed by atoms with E-state index in [0.717, 1.165) is 37.3 Å². The van der Waals surface area contributed by atoms with E-state index in [1.807, 2.05) is 12.1 Å². The average molecular weight is 375 g/mol. The van der Waals surface area contributed by atoms with Crippen LogP contribution in [-0.2, 0) is 11.2 Å². The lowest BCUT2D eigenvalue weighted by atomic mass is 9.99. The van der Waals surface area contributed by atoms with Gasteiger partial charge in [-0.2, -0.15) is 5.26 Å². The highest BCUT2D eigenvalue weighted by molar-refractivity contribution is 5.79. The summed E-state index contributed by atoms with van der Waals surface area (Å²) in [6.45, 7) is 5.95. The zero-order valence-electron chi connectivity index (χ0n) is 16.4. The number of rotatable bonds is 5. The summed E-state index contributed by atoms with van der Waals surface area (Å²) in [5, 5.41) is 20.2. The molecule has 2 aromatic rings. The van der Waals surface area contributed by atoms with Crippen molar-refractivity contribution in [2.45, 2.75) is 45.1 Å². The molecule has 28 heavy (non-hydrogen) atoms. The van der Waals surface area contributed by atoms with Gasteiger partial charge < -0.3 is 10.2 Å². The summed E-state index contributed by atoms with van der Waals surface area (Å²) in [4.78, 5) is 14.8. The fourth-order valence-corrected chi connectivity index (χ4v) is 4.01.